The summed E-state index contributed by atoms with van der Waals surface area (Å²) in [6.07, 6.45) is 0.494. The number of aldehydes is 1. The van der Waals surface area contributed by atoms with Crippen LogP contribution in [0.2, 0.25) is 0 Å². The van der Waals surface area contributed by atoms with Crippen LogP contribution in [0.15, 0.2) is 18.2 Å². The molecule has 3 rings (SSSR count). The number of carbonyl (C=O) groups excluding carboxylic acids is 1. The fourth-order valence-electron chi connectivity index (χ4n) is 1.79. The van der Waals surface area contributed by atoms with Crippen LogP contribution in [0, 0.1) is 18.6 Å². The molecular formula is C12H7F2N5OS. The van der Waals surface area contributed by atoms with Crippen molar-refractivity contribution >= 4 is 17.6 Å². The van der Waals surface area contributed by atoms with Crippen molar-refractivity contribution < 1.29 is 13.6 Å². The molecule has 1 aromatic carbocycles. The van der Waals surface area contributed by atoms with Crippen molar-refractivity contribution in [2.45, 2.75) is 6.92 Å². The van der Waals surface area contributed by atoms with Crippen molar-refractivity contribution in [1.82, 2.24) is 25.2 Å². The van der Waals surface area contributed by atoms with Gasteiger partial charge in [0, 0.05) is 5.56 Å². The highest BCUT2D eigenvalue weighted by atomic mass is 32.1. The lowest BCUT2D eigenvalue weighted by molar-refractivity contribution is 0.111. The molecule has 0 aliphatic heterocycles. The lowest BCUT2D eigenvalue weighted by atomic mass is 10.1. The first kappa shape index (κ1) is 13.4. The Morgan fingerprint density at radius 3 is 2.62 bits per heavy atom. The topological polar surface area (TPSA) is 73.6 Å². The summed E-state index contributed by atoms with van der Waals surface area (Å²) in [5.74, 6) is -2.00. The highest BCUT2D eigenvalue weighted by molar-refractivity contribution is 7.13. The number of hydrogen-bond acceptors (Lipinski definition) is 6. The normalized spacial score (nSPS) is 10.8. The predicted octanol–water partition coefficient (Wildman–Crippen LogP) is 2.18. The van der Waals surface area contributed by atoms with Gasteiger partial charge in [-0.2, -0.15) is 4.68 Å². The molecule has 2 heterocycles. The third-order valence-electron chi connectivity index (χ3n) is 2.70. The summed E-state index contributed by atoms with van der Waals surface area (Å²) in [5.41, 5.74) is 0.516. The van der Waals surface area contributed by atoms with E-state index < -0.39 is 11.6 Å². The molecule has 21 heavy (non-hydrogen) atoms. The second kappa shape index (κ2) is 5.09. The van der Waals surface area contributed by atoms with Gasteiger partial charge >= 0.3 is 0 Å². The molecule has 0 spiro atoms. The molecular weight excluding hydrogens is 300 g/mol. The van der Waals surface area contributed by atoms with E-state index in [1.807, 2.05) is 0 Å². The Kier molecular flexibility index (Phi) is 3.26. The predicted molar refractivity (Wildman–Crippen MR) is 70.3 cm³/mol. The maximum absolute atomic E-state index is 13.4. The number of aromatic nitrogens is 5. The monoisotopic (exact) mass is 307 g/mol. The SMILES string of the molecule is Cc1nnc(-n2nnc(C=O)c2-c2ccc(F)c(F)c2)s1. The molecule has 0 N–H and O–H groups in total. The lowest BCUT2D eigenvalue weighted by Crippen LogP contribution is -2.00. The van der Waals surface area contributed by atoms with Crippen LogP contribution < -0.4 is 0 Å². The van der Waals surface area contributed by atoms with E-state index in [2.05, 4.69) is 20.5 Å². The third kappa shape index (κ3) is 2.31. The van der Waals surface area contributed by atoms with E-state index in [1.54, 1.807) is 6.92 Å². The Balaban J connectivity index is 2.22. The van der Waals surface area contributed by atoms with Gasteiger partial charge in [0.05, 0.1) is 0 Å². The van der Waals surface area contributed by atoms with E-state index in [0.717, 1.165) is 12.1 Å². The van der Waals surface area contributed by atoms with Gasteiger partial charge in [0.2, 0.25) is 5.13 Å². The van der Waals surface area contributed by atoms with Crippen molar-refractivity contribution in [3.8, 4) is 16.4 Å². The lowest BCUT2D eigenvalue weighted by Gasteiger charge is -2.04. The highest BCUT2D eigenvalue weighted by Gasteiger charge is 2.19. The number of nitrogens with zero attached hydrogens (tertiary/aromatic N) is 5. The largest absolute Gasteiger partial charge is 0.296 e. The molecule has 0 bridgehead atoms. The molecule has 106 valence electrons. The number of aryl methyl sites for hydroxylation is 1. The molecule has 0 aliphatic rings. The van der Waals surface area contributed by atoms with E-state index in [4.69, 9.17) is 0 Å². The Morgan fingerprint density at radius 1 is 1.19 bits per heavy atom. The summed E-state index contributed by atoms with van der Waals surface area (Å²) in [5, 5.41) is 16.4. The van der Waals surface area contributed by atoms with Crippen LogP contribution in [0.1, 0.15) is 15.5 Å². The van der Waals surface area contributed by atoms with E-state index in [-0.39, 0.29) is 17.0 Å². The smallest absolute Gasteiger partial charge is 0.234 e. The van der Waals surface area contributed by atoms with Crippen LogP contribution in [0.5, 0.6) is 0 Å². The van der Waals surface area contributed by atoms with Gasteiger partial charge in [0.15, 0.2) is 23.6 Å². The molecule has 0 fully saturated rings. The summed E-state index contributed by atoms with van der Waals surface area (Å²) in [6, 6.07) is 3.29. The second-order valence-corrected chi connectivity index (χ2v) is 5.25. The average molecular weight is 307 g/mol. The fourth-order valence-corrected chi connectivity index (χ4v) is 2.43. The minimum Gasteiger partial charge on any atom is -0.296 e. The first-order valence-electron chi connectivity index (χ1n) is 5.77. The molecule has 9 heteroatoms. The van der Waals surface area contributed by atoms with Gasteiger partial charge < -0.3 is 0 Å². The van der Waals surface area contributed by atoms with Crippen molar-refractivity contribution in [2.75, 3.05) is 0 Å². The van der Waals surface area contributed by atoms with Crippen LogP contribution in [-0.2, 0) is 0 Å². The molecule has 3 aromatic rings. The molecule has 0 radical (unpaired) electrons. The zero-order valence-electron chi connectivity index (χ0n) is 10.6. The van der Waals surface area contributed by atoms with Gasteiger partial charge in [0.1, 0.15) is 10.7 Å². The quantitative estimate of drug-likeness (QED) is 0.693. The highest BCUT2D eigenvalue weighted by Crippen LogP contribution is 2.27. The van der Waals surface area contributed by atoms with Gasteiger partial charge in [0.25, 0.3) is 0 Å². The first-order valence-corrected chi connectivity index (χ1v) is 6.58. The molecule has 6 nitrogen and oxygen atoms in total. The van der Waals surface area contributed by atoms with E-state index in [9.17, 15) is 13.6 Å². The standard InChI is InChI=1S/C12H7F2N5OS/c1-6-15-17-12(21-6)19-11(10(5-20)16-18-19)7-2-3-8(13)9(14)4-7/h2-5H,1H3. The van der Waals surface area contributed by atoms with E-state index >= 15 is 0 Å². The summed E-state index contributed by atoms with van der Waals surface area (Å²) in [6.45, 7) is 1.76. The molecule has 0 saturated heterocycles. The van der Waals surface area contributed by atoms with Crippen molar-refractivity contribution in [3.05, 3.63) is 40.5 Å². The van der Waals surface area contributed by atoms with Crippen molar-refractivity contribution in [1.29, 1.82) is 0 Å². The summed E-state index contributed by atoms with van der Waals surface area (Å²) in [4.78, 5) is 11.1. The number of carbonyl (C=O) groups is 1. The van der Waals surface area contributed by atoms with Gasteiger partial charge in [-0.05, 0) is 25.1 Å². The number of benzene rings is 1. The van der Waals surface area contributed by atoms with Gasteiger partial charge in [-0.15, -0.1) is 15.3 Å². The van der Waals surface area contributed by atoms with Crippen LogP contribution in [0.25, 0.3) is 16.4 Å². The zero-order chi connectivity index (χ0) is 15.0. The van der Waals surface area contributed by atoms with E-state index in [0.29, 0.717) is 16.4 Å². The Bertz CT molecular complexity index is 829. The zero-order valence-corrected chi connectivity index (χ0v) is 11.4. The average Bonchev–Trinajstić information content (AvgIpc) is 3.07. The molecule has 0 amide bonds. The minimum atomic E-state index is -1.02. The number of halogens is 2. The van der Waals surface area contributed by atoms with Gasteiger partial charge in [-0.3, -0.25) is 4.79 Å². The Hall–Kier alpha value is -2.55. The van der Waals surface area contributed by atoms with Crippen LogP contribution in [-0.4, -0.2) is 31.5 Å². The van der Waals surface area contributed by atoms with Crippen LogP contribution in [0.3, 0.4) is 0 Å². The molecule has 0 atom stereocenters. The Morgan fingerprint density at radius 2 is 2.00 bits per heavy atom. The van der Waals surface area contributed by atoms with Gasteiger partial charge in [-0.1, -0.05) is 16.6 Å². The molecule has 0 saturated carbocycles. The van der Waals surface area contributed by atoms with Crippen LogP contribution >= 0.6 is 11.3 Å². The summed E-state index contributed by atoms with van der Waals surface area (Å²) >= 11 is 1.24. The first-order chi connectivity index (χ1) is 10.1. The molecule has 2 aromatic heterocycles. The second-order valence-electron chi connectivity index (χ2n) is 4.09. The molecule has 0 unspecified atom stereocenters. The fraction of sp³-hybridized carbons (Fsp3) is 0.0833. The summed E-state index contributed by atoms with van der Waals surface area (Å²) < 4.78 is 27.7. The number of rotatable bonds is 3. The molecule has 0 aliphatic carbocycles. The number of hydrogen-bond donors (Lipinski definition) is 0. The summed E-state index contributed by atoms with van der Waals surface area (Å²) in [7, 11) is 0. The van der Waals surface area contributed by atoms with Crippen molar-refractivity contribution in [3.63, 3.8) is 0 Å². The van der Waals surface area contributed by atoms with E-state index in [1.165, 1.54) is 22.1 Å². The third-order valence-corrected chi connectivity index (χ3v) is 3.51. The van der Waals surface area contributed by atoms with Crippen LogP contribution in [0.4, 0.5) is 8.78 Å². The Labute approximate surface area is 121 Å². The van der Waals surface area contributed by atoms with Gasteiger partial charge in [-0.25, -0.2) is 8.78 Å². The minimum absolute atomic E-state index is 0.00820. The maximum Gasteiger partial charge on any atom is 0.234 e. The maximum atomic E-state index is 13.4. The van der Waals surface area contributed by atoms with Crippen molar-refractivity contribution in [2.24, 2.45) is 0 Å².